The summed E-state index contributed by atoms with van der Waals surface area (Å²) in [6.07, 6.45) is 5.79. The van der Waals surface area contributed by atoms with Crippen molar-refractivity contribution in [1.29, 1.82) is 0 Å². The van der Waals surface area contributed by atoms with E-state index in [9.17, 15) is 9.59 Å². The van der Waals surface area contributed by atoms with Gasteiger partial charge in [-0.1, -0.05) is 12.1 Å². The van der Waals surface area contributed by atoms with Crippen molar-refractivity contribution in [2.24, 2.45) is 11.7 Å². The van der Waals surface area contributed by atoms with E-state index >= 15 is 0 Å². The van der Waals surface area contributed by atoms with Gasteiger partial charge in [0.2, 0.25) is 5.91 Å². The van der Waals surface area contributed by atoms with Crippen LogP contribution in [-0.2, 0) is 9.59 Å². The minimum Gasteiger partial charge on any atom is -0.484 e. The highest BCUT2D eigenvalue weighted by Crippen LogP contribution is 2.34. The second-order valence-electron chi connectivity index (χ2n) is 5.68. The topological polar surface area (TPSA) is 72.6 Å². The first-order chi connectivity index (χ1) is 10.5. The van der Waals surface area contributed by atoms with Crippen molar-refractivity contribution in [3.8, 4) is 5.75 Å². The molecule has 0 aromatic heterocycles. The molecule has 0 radical (unpaired) electrons. The van der Waals surface area contributed by atoms with Crippen LogP contribution in [0.5, 0.6) is 5.75 Å². The Bertz CT molecular complexity index is 562. The van der Waals surface area contributed by atoms with Crippen LogP contribution >= 0.6 is 0 Å². The van der Waals surface area contributed by atoms with Crippen molar-refractivity contribution in [1.82, 2.24) is 4.90 Å². The number of benzene rings is 1. The zero-order valence-electron chi connectivity index (χ0n) is 13.0. The molecule has 1 aliphatic rings. The first-order valence-electron chi connectivity index (χ1n) is 7.43. The molecule has 1 aromatic carbocycles. The third-order valence-electron chi connectivity index (χ3n) is 3.94. The molecule has 0 heterocycles. The van der Waals surface area contributed by atoms with Crippen LogP contribution in [0.15, 0.2) is 30.3 Å². The first-order valence-corrected chi connectivity index (χ1v) is 7.43. The number of hydrogen-bond donors (Lipinski definition) is 1. The molecule has 5 heteroatoms. The fourth-order valence-electron chi connectivity index (χ4n) is 2.21. The van der Waals surface area contributed by atoms with Gasteiger partial charge >= 0.3 is 0 Å². The normalized spacial score (nSPS) is 15.5. The number of nitrogens with two attached hydrogens (primary N) is 1. The molecule has 0 saturated heterocycles. The van der Waals surface area contributed by atoms with Gasteiger partial charge in [-0.3, -0.25) is 9.59 Å². The van der Waals surface area contributed by atoms with Crippen LogP contribution in [0.4, 0.5) is 0 Å². The van der Waals surface area contributed by atoms with E-state index in [4.69, 9.17) is 10.5 Å². The summed E-state index contributed by atoms with van der Waals surface area (Å²) < 4.78 is 5.18. The monoisotopic (exact) mass is 302 g/mol. The van der Waals surface area contributed by atoms with E-state index in [1.54, 1.807) is 29.2 Å². The molecular formula is C17H22N2O3. The van der Waals surface area contributed by atoms with Gasteiger partial charge in [-0.05, 0) is 49.5 Å². The second-order valence-corrected chi connectivity index (χ2v) is 5.68. The molecule has 1 atom stereocenters. The maximum absolute atomic E-state index is 12.1. The van der Waals surface area contributed by atoms with E-state index in [2.05, 4.69) is 6.92 Å². The number of primary amides is 1. The molecular weight excluding hydrogens is 280 g/mol. The lowest BCUT2D eigenvalue weighted by atomic mass is 10.1. The zero-order valence-corrected chi connectivity index (χ0v) is 13.0. The fraction of sp³-hybridized carbons (Fsp3) is 0.412. The summed E-state index contributed by atoms with van der Waals surface area (Å²) in [4.78, 5) is 24.5. The summed E-state index contributed by atoms with van der Waals surface area (Å²) in [5.74, 6) is 0.724. The molecule has 0 bridgehead atoms. The van der Waals surface area contributed by atoms with Crippen LogP contribution in [0.1, 0.15) is 25.3 Å². The Morgan fingerprint density at radius 3 is 2.55 bits per heavy atom. The van der Waals surface area contributed by atoms with Crippen LogP contribution in [0.3, 0.4) is 0 Å². The van der Waals surface area contributed by atoms with Crippen LogP contribution in [0.2, 0.25) is 0 Å². The number of hydrogen-bond acceptors (Lipinski definition) is 3. The molecule has 1 saturated carbocycles. The number of nitrogens with zero attached hydrogens (tertiary/aromatic N) is 1. The maximum atomic E-state index is 12.1. The van der Waals surface area contributed by atoms with E-state index in [0.29, 0.717) is 17.7 Å². The first kappa shape index (κ1) is 16.1. The van der Waals surface area contributed by atoms with Gasteiger partial charge in [-0.25, -0.2) is 0 Å². The SMILES string of the molecule is CC(C1CC1)N(C)C(=O)/C=C/c1ccc(OCC(N)=O)cc1. The van der Waals surface area contributed by atoms with Gasteiger partial charge in [0.25, 0.3) is 5.91 Å². The molecule has 0 aliphatic heterocycles. The largest absolute Gasteiger partial charge is 0.484 e. The fourth-order valence-corrected chi connectivity index (χ4v) is 2.21. The quantitative estimate of drug-likeness (QED) is 0.781. The predicted molar refractivity (Wildman–Crippen MR) is 85.1 cm³/mol. The van der Waals surface area contributed by atoms with Gasteiger partial charge in [-0.2, -0.15) is 0 Å². The standard InChI is InChI=1S/C17H22N2O3/c1-12(14-6-7-14)19(2)17(21)10-5-13-3-8-15(9-4-13)22-11-16(18)20/h3-5,8-10,12,14H,6-7,11H2,1-2H3,(H2,18,20)/b10-5+. The molecule has 1 aromatic rings. The molecule has 5 nitrogen and oxygen atoms in total. The van der Waals surface area contributed by atoms with Crippen molar-refractivity contribution in [2.45, 2.75) is 25.8 Å². The Morgan fingerprint density at radius 2 is 2.00 bits per heavy atom. The molecule has 1 unspecified atom stereocenters. The minimum atomic E-state index is -0.512. The minimum absolute atomic E-state index is 0.00783. The second kappa shape index (κ2) is 7.11. The van der Waals surface area contributed by atoms with E-state index in [1.807, 2.05) is 19.2 Å². The summed E-state index contributed by atoms with van der Waals surface area (Å²) in [5.41, 5.74) is 5.91. The highest BCUT2D eigenvalue weighted by atomic mass is 16.5. The molecule has 2 rings (SSSR count). The lowest BCUT2D eigenvalue weighted by Gasteiger charge is -2.23. The molecule has 1 aliphatic carbocycles. The van der Waals surface area contributed by atoms with Gasteiger partial charge < -0.3 is 15.4 Å². The Balaban J connectivity index is 1.89. The van der Waals surface area contributed by atoms with E-state index in [-0.39, 0.29) is 12.5 Å². The van der Waals surface area contributed by atoms with Gasteiger partial charge in [0.15, 0.2) is 6.61 Å². The van der Waals surface area contributed by atoms with Gasteiger partial charge in [0.1, 0.15) is 5.75 Å². The Hall–Kier alpha value is -2.30. The summed E-state index contributed by atoms with van der Waals surface area (Å²) >= 11 is 0. The van der Waals surface area contributed by atoms with Gasteiger partial charge in [0, 0.05) is 19.2 Å². The Kier molecular flexibility index (Phi) is 5.20. The van der Waals surface area contributed by atoms with Crippen LogP contribution in [0.25, 0.3) is 6.08 Å². The predicted octanol–water partition coefficient (Wildman–Crippen LogP) is 1.82. The zero-order chi connectivity index (χ0) is 16.1. The highest BCUT2D eigenvalue weighted by Gasteiger charge is 2.31. The van der Waals surface area contributed by atoms with E-state index < -0.39 is 5.91 Å². The van der Waals surface area contributed by atoms with Crippen molar-refractivity contribution in [2.75, 3.05) is 13.7 Å². The number of ether oxygens (including phenoxy) is 1. The molecule has 2 amide bonds. The molecule has 1 fully saturated rings. The van der Waals surface area contributed by atoms with Gasteiger partial charge in [0.05, 0.1) is 0 Å². The molecule has 118 valence electrons. The number of carbonyl (C=O) groups is 2. The van der Waals surface area contributed by atoms with Crippen molar-refractivity contribution < 1.29 is 14.3 Å². The number of amides is 2. The average molecular weight is 302 g/mol. The molecule has 0 spiro atoms. The summed E-state index contributed by atoms with van der Waals surface area (Å²) in [5, 5.41) is 0. The summed E-state index contributed by atoms with van der Waals surface area (Å²) in [6, 6.07) is 7.42. The number of likely N-dealkylation sites (N-methyl/N-ethyl adjacent to an activating group) is 1. The Labute approximate surface area is 130 Å². The highest BCUT2D eigenvalue weighted by molar-refractivity contribution is 5.91. The lowest BCUT2D eigenvalue weighted by molar-refractivity contribution is -0.126. The summed E-state index contributed by atoms with van der Waals surface area (Å²) in [6.45, 7) is 1.95. The van der Waals surface area contributed by atoms with Crippen LogP contribution < -0.4 is 10.5 Å². The summed E-state index contributed by atoms with van der Waals surface area (Å²) in [7, 11) is 1.84. The molecule has 22 heavy (non-hydrogen) atoms. The maximum Gasteiger partial charge on any atom is 0.255 e. The van der Waals surface area contributed by atoms with E-state index in [0.717, 1.165) is 5.56 Å². The van der Waals surface area contributed by atoms with Crippen molar-refractivity contribution in [3.63, 3.8) is 0 Å². The molecule has 2 N–H and O–H groups in total. The Morgan fingerprint density at radius 1 is 1.36 bits per heavy atom. The van der Waals surface area contributed by atoms with Crippen LogP contribution in [0, 0.1) is 5.92 Å². The third-order valence-corrected chi connectivity index (χ3v) is 3.94. The lowest BCUT2D eigenvalue weighted by Crippen LogP contribution is -2.35. The number of rotatable bonds is 7. The van der Waals surface area contributed by atoms with Crippen molar-refractivity contribution >= 4 is 17.9 Å². The third kappa shape index (κ3) is 4.62. The van der Waals surface area contributed by atoms with Gasteiger partial charge in [-0.15, -0.1) is 0 Å². The van der Waals surface area contributed by atoms with Crippen LogP contribution in [-0.4, -0.2) is 36.4 Å². The van der Waals surface area contributed by atoms with E-state index in [1.165, 1.54) is 12.8 Å². The smallest absolute Gasteiger partial charge is 0.255 e. The number of carbonyl (C=O) groups excluding carboxylic acids is 2. The average Bonchev–Trinajstić information content (AvgIpc) is 3.34. The van der Waals surface area contributed by atoms with Crippen molar-refractivity contribution in [3.05, 3.63) is 35.9 Å².